The van der Waals surface area contributed by atoms with Crippen LogP contribution in [0.1, 0.15) is 35.3 Å². The van der Waals surface area contributed by atoms with Gasteiger partial charge in [0.25, 0.3) is 11.1 Å². The summed E-state index contributed by atoms with van der Waals surface area (Å²) in [5.41, 5.74) is 1.53. The van der Waals surface area contributed by atoms with Crippen LogP contribution in [0, 0.1) is 18.3 Å². The largest absolute Gasteiger partial charge is 0.493 e. The molecule has 0 bridgehead atoms. The number of rotatable bonds is 8. The summed E-state index contributed by atoms with van der Waals surface area (Å²) in [6.07, 6.45) is 1.30. The number of amides is 1. The normalized spacial score (nSPS) is 11.6. The van der Waals surface area contributed by atoms with Crippen LogP contribution in [-0.4, -0.2) is 42.0 Å². The van der Waals surface area contributed by atoms with Gasteiger partial charge in [0.2, 0.25) is 15.0 Å². The number of methoxy groups -OCH3 is 1. The van der Waals surface area contributed by atoms with E-state index in [1.165, 1.54) is 39.2 Å². The maximum atomic E-state index is 12.6. The van der Waals surface area contributed by atoms with Gasteiger partial charge in [0.05, 0.1) is 17.9 Å². The molecule has 0 saturated heterocycles. The summed E-state index contributed by atoms with van der Waals surface area (Å²) in [5.74, 6) is -0.980. The number of aryl methyl sites for hydroxylation is 1. The fraction of sp³-hybridized carbons (Fsp3) is 0.208. The summed E-state index contributed by atoms with van der Waals surface area (Å²) in [6.45, 7) is 4.89. The molecular weight excluding hydrogens is 504 g/mol. The van der Waals surface area contributed by atoms with Crippen LogP contribution in [0.3, 0.4) is 0 Å². The Morgan fingerprint density at radius 3 is 2.44 bits per heavy atom. The van der Waals surface area contributed by atoms with Gasteiger partial charge in [-0.1, -0.05) is 23.8 Å². The molecule has 186 valence electrons. The minimum Gasteiger partial charge on any atom is -0.493 e. The second kappa shape index (κ2) is 11.1. The highest BCUT2D eigenvalue weighted by atomic mass is 32.2. The van der Waals surface area contributed by atoms with Crippen molar-refractivity contribution in [1.82, 2.24) is 9.36 Å². The van der Waals surface area contributed by atoms with Crippen molar-refractivity contribution in [2.45, 2.75) is 31.2 Å². The lowest BCUT2D eigenvalue weighted by Crippen LogP contribution is -2.16. The second-order valence-electron chi connectivity index (χ2n) is 7.77. The summed E-state index contributed by atoms with van der Waals surface area (Å²) in [7, 11) is -2.31. The summed E-state index contributed by atoms with van der Waals surface area (Å²) < 4.78 is 38.9. The van der Waals surface area contributed by atoms with E-state index in [2.05, 4.69) is 14.7 Å². The van der Waals surface area contributed by atoms with Gasteiger partial charge in [-0.05, 0) is 56.7 Å². The van der Waals surface area contributed by atoms with Crippen molar-refractivity contribution in [3.63, 3.8) is 0 Å². The Balaban J connectivity index is 1.78. The van der Waals surface area contributed by atoms with Crippen LogP contribution in [0.15, 0.2) is 53.2 Å². The number of nitrogens with zero attached hydrogens (tertiary/aromatic N) is 3. The molecule has 0 fully saturated rings. The highest BCUT2D eigenvalue weighted by Crippen LogP contribution is 2.30. The molecule has 2 aromatic carbocycles. The Labute approximate surface area is 212 Å². The maximum absolute atomic E-state index is 12.6. The molecule has 0 aliphatic carbocycles. The van der Waals surface area contributed by atoms with Crippen LogP contribution >= 0.6 is 11.5 Å². The van der Waals surface area contributed by atoms with E-state index in [9.17, 15) is 23.3 Å². The first-order valence-corrected chi connectivity index (χ1v) is 12.8. The van der Waals surface area contributed by atoms with Gasteiger partial charge in [-0.25, -0.2) is 13.2 Å². The fourth-order valence-corrected chi connectivity index (χ4v) is 4.47. The quantitative estimate of drug-likeness (QED) is 0.200. The third-order valence-corrected chi connectivity index (χ3v) is 7.54. The van der Waals surface area contributed by atoms with Crippen molar-refractivity contribution in [3.8, 4) is 17.6 Å². The molecule has 0 unspecified atom stereocenters. The lowest BCUT2D eigenvalue weighted by atomic mass is 10.1. The molecule has 0 aliphatic heterocycles. The highest BCUT2D eigenvalue weighted by molar-refractivity contribution is 7.91. The molecule has 0 atom stereocenters. The summed E-state index contributed by atoms with van der Waals surface area (Å²) >= 11 is 0.692. The Kier molecular flexibility index (Phi) is 8.18. The van der Waals surface area contributed by atoms with Crippen molar-refractivity contribution in [1.29, 1.82) is 5.26 Å². The van der Waals surface area contributed by atoms with Crippen LogP contribution in [0.5, 0.6) is 11.5 Å². The van der Waals surface area contributed by atoms with Gasteiger partial charge in [-0.15, -0.1) is 0 Å². The van der Waals surface area contributed by atoms with Gasteiger partial charge in [-0.3, -0.25) is 10.1 Å². The third kappa shape index (κ3) is 6.12. The average molecular weight is 527 g/mol. The van der Waals surface area contributed by atoms with E-state index < -0.39 is 27.0 Å². The number of esters is 1. The lowest BCUT2D eigenvalue weighted by Gasteiger charge is -2.10. The Hall–Kier alpha value is -4.08. The second-order valence-corrected chi connectivity index (χ2v) is 10.9. The molecule has 10 nitrogen and oxygen atoms in total. The van der Waals surface area contributed by atoms with E-state index >= 15 is 0 Å². The standard InChI is InChI=1S/C24H22N4O6S2/c1-14(2)36(31,32)24-27-23(35-28-24)26-21(29)18(13-25)11-16-7-10-19(20(12-16)33-4)34-22(30)17-8-5-15(3)6-9-17/h5-12,14H,1-4H3,(H,26,27,28,29)/b18-11-. The van der Waals surface area contributed by atoms with Gasteiger partial charge >= 0.3 is 5.97 Å². The molecular formula is C24H22N4O6S2. The van der Waals surface area contributed by atoms with E-state index in [1.807, 2.05) is 6.92 Å². The number of nitriles is 1. The average Bonchev–Trinajstić information content (AvgIpc) is 3.32. The van der Waals surface area contributed by atoms with E-state index in [4.69, 9.17) is 9.47 Å². The summed E-state index contributed by atoms with van der Waals surface area (Å²) in [4.78, 5) is 28.9. The summed E-state index contributed by atoms with van der Waals surface area (Å²) in [6, 6.07) is 13.2. The lowest BCUT2D eigenvalue weighted by molar-refractivity contribution is -0.112. The van der Waals surface area contributed by atoms with Crippen LogP contribution in [0.25, 0.3) is 6.08 Å². The van der Waals surface area contributed by atoms with Gasteiger partial charge in [0.15, 0.2) is 11.5 Å². The number of aromatic nitrogens is 2. The third-order valence-electron chi connectivity index (χ3n) is 4.86. The molecule has 1 aromatic heterocycles. The predicted molar refractivity (Wildman–Crippen MR) is 134 cm³/mol. The predicted octanol–water partition coefficient (Wildman–Crippen LogP) is 3.80. The SMILES string of the molecule is COc1cc(/C=C(/C#N)C(=O)Nc2nc(S(=O)(=O)C(C)C)ns2)ccc1OC(=O)c1ccc(C)cc1. The zero-order chi connectivity index (χ0) is 26.5. The number of nitrogens with one attached hydrogen (secondary N) is 1. The Morgan fingerprint density at radius 2 is 1.83 bits per heavy atom. The number of ether oxygens (including phenoxy) is 2. The van der Waals surface area contributed by atoms with Crippen LogP contribution in [0.2, 0.25) is 0 Å². The molecule has 0 saturated carbocycles. The molecule has 36 heavy (non-hydrogen) atoms. The van der Waals surface area contributed by atoms with E-state index in [0.29, 0.717) is 22.7 Å². The molecule has 1 amide bonds. The first kappa shape index (κ1) is 26.5. The molecule has 12 heteroatoms. The number of sulfone groups is 1. The van der Waals surface area contributed by atoms with Gasteiger partial charge < -0.3 is 9.47 Å². The number of carbonyl (C=O) groups excluding carboxylic acids is 2. The van der Waals surface area contributed by atoms with Crippen molar-refractivity contribution >= 4 is 44.5 Å². The van der Waals surface area contributed by atoms with Gasteiger partial charge in [0, 0.05) is 11.5 Å². The monoisotopic (exact) mass is 526 g/mol. The van der Waals surface area contributed by atoms with Crippen LogP contribution in [-0.2, 0) is 14.6 Å². The smallest absolute Gasteiger partial charge is 0.343 e. The van der Waals surface area contributed by atoms with Crippen LogP contribution in [0.4, 0.5) is 5.13 Å². The minimum absolute atomic E-state index is 0.0590. The molecule has 0 aliphatic rings. The number of carbonyl (C=O) groups is 2. The first-order chi connectivity index (χ1) is 17.0. The summed E-state index contributed by atoms with van der Waals surface area (Å²) in [5, 5.41) is 10.7. The molecule has 0 spiro atoms. The van der Waals surface area contributed by atoms with Gasteiger partial charge in [-0.2, -0.15) is 14.6 Å². The van der Waals surface area contributed by atoms with Crippen molar-refractivity contribution in [2.24, 2.45) is 0 Å². The van der Waals surface area contributed by atoms with E-state index in [0.717, 1.165) is 5.56 Å². The molecule has 3 aromatic rings. The number of hydrogen-bond acceptors (Lipinski definition) is 10. The Morgan fingerprint density at radius 1 is 1.14 bits per heavy atom. The topological polar surface area (TPSA) is 148 Å². The number of benzene rings is 2. The zero-order valence-electron chi connectivity index (χ0n) is 19.8. The van der Waals surface area contributed by atoms with Gasteiger partial charge in [0.1, 0.15) is 11.6 Å². The maximum Gasteiger partial charge on any atom is 0.343 e. The number of hydrogen-bond donors (Lipinski definition) is 1. The van der Waals surface area contributed by atoms with Crippen LogP contribution < -0.4 is 14.8 Å². The highest BCUT2D eigenvalue weighted by Gasteiger charge is 2.25. The molecule has 0 radical (unpaired) electrons. The van der Waals surface area contributed by atoms with Crippen molar-refractivity contribution in [3.05, 3.63) is 64.7 Å². The van der Waals surface area contributed by atoms with E-state index in [-0.39, 0.29) is 27.4 Å². The van der Waals surface area contributed by atoms with E-state index in [1.54, 1.807) is 36.4 Å². The van der Waals surface area contributed by atoms with Crippen molar-refractivity contribution in [2.75, 3.05) is 12.4 Å². The number of anilines is 1. The molecule has 1 heterocycles. The van der Waals surface area contributed by atoms with Crippen molar-refractivity contribution < 1.29 is 27.5 Å². The molecule has 1 N–H and O–H groups in total. The fourth-order valence-electron chi connectivity index (χ4n) is 2.77. The molecule has 3 rings (SSSR count). The minimum atomic E-state index is -3.70. The Bertz CT molecular complexity index is 1470. The zero-order valence-corrected chi connectivity index (χ0v) is 21.4. The first-order valence-electron chi connectivity index (χ1n) is 10.5.